The third kappa shape index (κ3) is 2.23. The van der Waals surface area contributed by atoms with Gasteiger partial charge in [0.1, 0.15) is 0 Å². The zero-order valence-electron chi connectivity index (χ0n) is 10.8. The Labute approximate surface area is 97.2 Å². The number of hydrogen-bond acceptors (Lipinski definition) is 3. The molecule has 4 heteroatoms. The summed E-state index contributed by atoms with van der Waals surface area (Å²) < 4.78 is 0. The van der Waals surface area contributed by atoms with E-state index in [0.29, 0.717) is 0 Å². The first-order valence-electron chi connectivity index (χ1n) is 5.80. The van der Waals surface area contributed by atoms with Crippen molar-refractivity contribution < 1.29 is 15.1 Å². The van der Waals surface area contributed by atoms with Crippen LogP contribution in [0.2, 0.25) is 0 Å². The maximum absolute atomic E-state index is 10.7. The van der Waals surface area contributed by atoms with Gasteiger partial charge >= 0.3 is 5.97 Å². The monoisotopic (exact) mass is 229 g/mol. The molecule has 1 saturated heterocycles. The van der Waals surface area contributed by atoms with E-state index in [9.17, 15) is 10.0 Å². The number of hydroxylamine groups is 2. The molecule has 0 aromatic heterocycles. The molecule has 1 aliphatic rings. The van der Waals surface area contributed by atoms with Crippen molar-refractivity contribution in [3.63, 3.8) is 0 Å². The average molecular weight is 229 g/mol. The van der Waals surface area contributed by atoms with Gasteiger partial charge in [-0.3, -0.25) is 4.79 Å². The number of carboxylic acids is 1. The Morgan fingerprint density at radius 3 is 2.25 bits per heavy atom. The summed E-state index contributed by atoms with van der Waals surface area (Å²) in [5.41, 5.74) is -0.640. The fourth-order valence-corrected chi connectivity index (χ4v) is 3.13. The molecule has 0 bridgehead atoms. The van der Waals surface area contributed by atoms with Gasteiger partial charge in [-0.25, -0.2) is 0 Å². The lowest BCUT2D eigenvalue weighted by molar-refractivity contribution is -0.198. The second-order valence-electron chi connectivity index (χ2n) is 6.16. The molecule has 0 radical (unpaired) electrons. The Morgan fingerprint density at radius 2 is 1.94 bits per heavy atom. The summed E-state index contributed by atoms with van der Waals surface area (Å²) in [7, 11) is 0. The predicted octanol–water partition coefficient (Wildman–Crippen LogP) is 2.37. The molecule has 0 aliphatic carbocycles. The molecule has 1 aliphatic heterocycles. The number of carbonyl (C=O) groups is 1. The smallest absolute Gasteiger partial charge is 0.303 e. The summed E-state index contributed by atoms with van der Waals surface area (Å²) in [4.78, 5) is 10.7. The van der Waals surface area contributed by atoms with Gasteiger partial charge in [-0.05, 0) is 46.0 Å². The third-order valence-corrected chi connectivity index (χ3v) is 3.93. The molecule has 94 valence electrons. The molecule has 0 aromatic carbocycles. The molecule has 1 heterocycles. The van der Waals surface area contributed by atoms with E-state index in [4.69, 9.17) is 5.11 Å². The molecule has 2 N–H and O–H groups in total. The standard InChI is InChI=1S/C12H23NO3/c1-8(6-10(14)15)9-7-11(2,3)13(16)12(9,4)5/h8-9,16H,6-7H2,1-5H3,(H,14,15). The number of hydrogen-bond donors (Lipinski definition) is 2. The van der Waals surface area contributed by atoms with Crippen LogP contribution < -0.4 is 0 Å². The molecule has 2 unspecified atom stereocenters. The van der Waals surface area contributed by atoms with E-state index in [-0.39, 0.29) is 29.3 Å². The molecule has 16 heavy (non-hydrogen) atoms. The van der Waals surface area contributed by atoms with Crippen LogP contribution in [0.3, 0.4) is 0 Å². The quantitative estimate of drug-likeness (QED) is 0.780. The summed E-state index contributed by atoms with van der Waals surface area (Å²) in [5.74, 6) is -0.495. The van der Waals surface area contributed by atoms with Crippen LogP contribution >= 0.6 is 0 Å². The van der Waals surface area contributed by atoms with E-state index in [0.717, 1.165) is 6.42 Å². The molecular formula is C12H23NO3. The Morgan fingerprint density at radius 1 is 1.44 bits per heavy atom. The van der Waals surface area contributed by atoms with Gasteiger partial charge in [-0.2, -0.15) is 5.06 Å². The molecule has 4 nitrogen and oxygen atoms in total. The number of aliphatic carboxylic acids is 1. The van der Waals surface area contributed by atoms with Crippen molar-refractivity contribution in [3.8, 4) is 0 Å². The summed E-state index contributed by atoms with van der Waals surface area (Å²) in [6.07, 6.45) is 0.989. The first-order valence-corrected chi connectivity index (χ1v) is 5.80. The summed E-state index contributed by atoms with van der Waals surface area (Å²) in [5, 5.41) is 20.4. The largest absolute Gasteiger partial charge is 0.481 e. The van der Waals surface area contributed by atoms with Crippen molar-refractivity contribution in [1.29, 1.82) is 0 Å². The van der Waals surface area contributed by atoms with Crippen LogP contribution in [0.1, 0.15) is 47.5 Å². The molecule has 0 saturated carbocycles. The highest BCUT2D eigenvalue weighted by molar-refractivity contribution is 5.67. The Balaban J connectivity index is 2.86. The first-order chi connectivity index (χ1) is 7.09. The van der Waals surface area contributed by atoms with Gasteiger partial charge in [-0.15, -0.1) is 0 Å². The highest BCUT2D eigenvalue weighted by Gasteiger charge is 2.52. The minimum Gasteiger partial charge on any atom is -0.481 e. The lowest BCUT2D eigenvalue weighted by Gasteiger charge is -2.37. The number of carboxylic acid groups (broad SMARTS) is 1. The lowest BCUT2D eigenvalue weighted by Crippen LogP contribution is -2.48. The normalized spacial score (nSPS) is 30.2. The van der Waals surface area contributed by atoms with Gasteiger partial charge in [0.05, 0.1) is 0 Å². The number of nitrogens with zero attached hydrogens (tertiary/aromatic N) is 1. The zero-order valence-corrected chi connectivity index (χ0v) is 10.8. The summed E-state index contributed by atoms with van der Waals surface area (Å²) >= 11 is 0. The Bertz CT molecular complexity index is 286. The molecule has 1 fully saturated rings. The van der Waals surface area contributed by atoms with Gasteiger partial charge in [0.2, 0.25) is 0 Å². The fourth-order valence-electron chi connectivity index (χ4n) is 3.13. The van der Waals surface area contributed by atoms with Gasteiger partial charge in [0, 0.05) is 17.5 Å². The average Bonchev–Trinajstić information content (AvgIpc) is 2.25. The predicted molar refractivity (Wildman–Crippen MR) is 61.3 cm³/mol. The minimum absolute atomic E-state index is 0.0731. The minimum atomic E-state index is -0.766. The van der Waals surface area contributed by atoms with Crippen LogP contribution in [0.5, 0.6) is 0 Å². The lowest BCUT2D eigenvalue weighted by atomic mass is 9.77. The van der Waals surface area contributed by atoms with Crippen LogP contribution in [0, 0.1) is 11.8 Å². The summed E-state index contributed by atoms with van der Waals surface area (Å²) in [6.45, 7) is 9.88. The second-order valence-corrected chi connectivity index (χ2v) is 6.16. The van der Waals surface area contributed by atoms with Crippen molar-refractivity contribution in [1.82, 2.24) is 5.06 Å². The third-order valence-electron chi connectivity index (χ3n) is 3.93. The fraction of sp³-hybridized carbons (Fsp3) is 0.917. The van der Waals surface area contributed by atoms with Crippen molar-refractivity contribution in [2.75, 3.05) is 0 Å². The first kappa shape index (κ1) is 13.5. The van der Waals surface area contributed by atoms with Crippen molar-refractivity contribution in [2.24, 2.45) is 11.8 Å². The van der Waals surface area contributed by atoms with Gasteiger partial charge < -0.3 is 10.3 Å². The van der Waals surface area contributed by atoms with Gasteiger partial charge in [-0.1, -0.05) is 6.92 Å². The van der Waals surface area contributed by atoms with Gasteiger partial charge in [0.25, 0.3) is 0 Å². The molecular weight excluding hydrogens is 206 g/mol. The molecule has 0 amide bonds. The highest BCUT2D eigenvalue weighted by atomic mass is 16.5. The summed E-state index contributed by atoms with van der Waals surface area (Å²) in [6, 6.07) is 0. The van der Waals surface area contributed by atoms with Crippen LogP contribution in [0.25, 0.3) is 0 Å². The Kier molecular flexibility index (Phi) is 3.37. The van der Waals surface area contributed by atoms with Crippen LogP contribution in [0.4, 0.5) is 0 Å². The van der Waals surface area contributed by atoms with Crippen molar-refractivity contribution >= 4 is 5.97 Å². The van der Waals surface area contributed by atoms with E-state index >= 15 is 0 Å². The highest BCUT2D eigenvalue weighted by Crippen LogP contribution is 2.47. The SMILES string of the molecule is CC(CC(=O)O)C1CC(C)(C)N(O)C1(C)C. The maximum Gasteiger partial charge on any atom is 0.303 e. The van der Waals surface area contributed by atoms with Gasteiger partial charge in [0.15, 0.2) is 0 Å². The molecule has 1 rings (SSSR count). The molecule has 0 spiro atoms. The molecule has 2 atom stereocenters. The second kappa shape index (κ2) is 4.00. The van der Waals surface area contributed by atoms with Crippen LogP contribution in [0.15, 0.2) is 0 Å². The van der Waals surface area contributed by atoms with Crippen molar-refractivity contribution in [3.05, 3.63) is 0 Å². The zero-order chi connectivity index (χ0) is 12.7. The van der Waals surface area contributed by atoms with Crippen molar-refractivity contribution in [2.45, 2.75) is 58.5 Å². The van der Waals surface area contributed by atoms with E-state index < -0.39 is 5.97 Å². The van der Waals surface area contributed by atoms with E-state index in [1.807, 2.05) is 34.6 Å². The maximum atomic E-state index is 10.7. The van der Waals surface area contributed by atoms with Crippen LogP contribution in [-0.2, 0) is 4.79 Å². The van der Waals surface area contributed by atoms with E-state index in [2.05, 4.69) is 0 Å². The Hall–Kier alpha value is -0.610. The topological polar surface area (TPSA) is 60.8 Å². The molecule has 0 aromatic rings. The van der Waals surface area contributed by atoms with E-state index in [1.54, 1.807) is 0 Å². The van der Waals surface area contributed by atoms with E-state index in [1.165, 1.54) is 5.06 Å². The van der Waals surface area contributed by atoms with Crippen LogP contribution in [-0.4, -0.2) is 32.4 Å². The number of rotatable bonds is 3.